The number of ether oxygens (including phenoxy) is 2. The summed E-state index contributed by atoms with van der Waals surface area (Å²) in [6.45, 7) is 6.40. The Morgan fingerprint density at radius 3 is 2.72 bits per heavy atom. The van der Waals surface area contributed by atoms with E-state index in [-0.39, 0.29) is 12.7 Å². The van der Waals surface area contributed by atoms with Crippen molar-refractivity contribution in [3.8, 4) is 11.5 Å². The van der Waals surface area contributed by atoms with Gasteiger partial charge in [-0.2, -0.15) is 0 Å². The zero-order chi connectivity index (χ0) is 13.0. The smallest absolute Gasteiger partial charge is 0.161 e. The van der Waals surface area contributed by atoms with Crippen molar-refractivity contribution in [2.75, 3.05) is 26.3 Å². The van der Waals surface area contributed by atoms with E-state index in [1.807, 2.05) is 24.3 Å². The first-order valence-corrected chi connectivity index (χ1v) is 6.44. The van der Waals surface area contributed by atoms with Gasteiger partial charge in [0.15, 0.2) is 11.5 Å². The Hall–Kier alpha value is -1.26. The molecule has 1 aliphatic heterocycles. The molecule has 0 aromatic heterocycles. The Bertz CT molecular complexity index is 381. The van der Waals surface area contributed by atoms with Crippen molar-refractivity contribution in [3.63, 3.8) is 0 Å². The normalized spacial score (nSPS) is 18.4. The fraction of sp³-hybridized carbons (Fsp3) is 0.571. The van der Waals surface area contributed by atoms with Gasteiger partial charge in [0.05, 0.1) is 6.61 Å². The van der Waals surface area contributed by atoms with Crippen LogP contribution in [-0.4, -0.2) is 48.5 Å². The van der Waals surface area contributed by atoms with E-state index in [4.69, 9.17) is 14.6 Å². The molecule has 1 aliphatic rings. The molecule has 0 amide bonds. The minimum absolute atomic E-state index is 0.0221. The number of benzene rings is 1. The number of hydrogen-bond donors (Lipinski definition) is 1. The van der Waals surface area contributed by atoms with Crippen LogP contribution in [0.2, 0.25) is 0 Å². The van der Waals surface area contributed by atoms with Crippen LogP contribution in [0, 0.1) is 0 Å². The Kier molecular flexibility index (Phi) is 4.44. The maximum Gasteiger partial charge on any atom is 0.161 e. The molecule has 0 spiro atoms. The number of rotatable bonds is 5. The van der Waals surface area contributed by atoms with Gasteiger partial charge in [-0.05, 0) is 26.0 Å². The number of aliphatic hydroxyl groups is 1. The van der Waals surface area contributed by atoms with Gasteiger partial charge in [-0.25, -0.2) is 0 Å². The van der Waals surface area contributed by atoms with Gasteiger partial charge in [-0.1, -0.05) is 12.1 Å². The average Bonchev–Trinajstić information content (AvgIpc) is 2.38. The summed E-state index contributed by atoms with van der Waals surface area (Å²) in [6, 6.07) is 8.11. The molecular formula is C14H21NO3. The molecule has 0 fully saturated rings. The van der Waals surface area contributed by atoms with Gasteiger partial charge in [0.1, 0.15) is 12.7 Å². The molecule has 1 aromatic rings. The molecule has 1 atom stereocenters. The largest absolute Gasteiger partial charge is 0.486 e. The molecule has 2 rings (SSSR count). The van der Waals surface area contributed by atoms with Gasteiger partial charge in [0.25, 0.3) is 0 Å². The summed E-state index contributed by atoms with van der Waals surface area (Å²) >= 11 is 0. The van der Waals surface area contributed by atoms with Crippen molar-refractivity contribution in [3.05, 3.63) is 24.3 Å². The molecule has 0 saturated heterocycles. The van der Waals surface area contributed by atoms with Crippen LogP contribution in [0.4, 0.5) is 0 Å². The number of hydrogen-bond acceptors (Lipinski definition) is 4. The van der Waals surface area contributed by atoms with E-state index in [9.17, 15) is 0 Å². The van der Waals surface area contributed by atoms with Crippen molar-refractivity contribution in [2.45, 2.75) is 26.0 Å². The monoisotopic (exact) mass is 251 g/mol. The van der Waals surface area contributed by atoms with E-state index in [1.54, 1.807) is 0 Å². The summed E-state index contributed by atoms with van der Waals surface area (Å²) in [5.41, 5.74) is 0. The first kappa shape index (κ1) is 13.2. The summed E-state index contributed by atoms with van der Waals surface area (Å²) in [4.78, 5) is 2.20. The molecule has 1 aromatic carbocycles. The molecule has 18 heavy (non-hydrogen) atoms. The second-order valence-corrected chi connectivity index (χ2v) is 4.81. The Balaban J connectivity index is 1.96. The minimum atomic E-state index is 0.0221. The van der Waals surface area contributed by atoms with Gasteiger partial charge in [0.2, 0.25) is 0 Å². The highest BCUT2D eigenvalue weighted by atomic mass is 16.6. The summed E-state index contributed by atoms with van der Waals surface area (Å²) in [7, 11) is 0. The first-order valence-electron chi connectivity index (χ1n) is 6.44. The van der Waals surface area contributed by atoms with Crippen LogP contribution in [0.3, 0.4) is 0 Å². The van der Waals surface area contributed by atoms with E-state index >= 15 is 0 Å². The van der Waals surface area contributed by atoms with Crippen LogP contribution in [0.25, 0.3) is 0 Å². The molecule has 0 radical (unpaired) electrons. The summed E-state index contributed by atoms with van der Waals surface area (Å²) in [5, 5.41) is 9.06. The van der Waals surface area contributed by atoms with Crippen molar-refractivity contribution in [2.24, 2.45) is 0 Å². The highest BCUT2D eigenvalue weighted by Gasteiger charge is 2.23. The maximum atomic E-state index is 9.06. The lowest BCUT2D eigenvalue weighted by molar-refractivity contribution is 0.0436. The lowest BCUT2D eigenvalue weighted by atomic mass is 10.2. The van der Waals surface area contributed by atoms with Crippen molar-refractivity contribution in [1.82, 2.24) is 4.90 Å². The van der Waals surface area contributed by atoms with Crippen LogP contribution in [0.5, 0.6) is 11.5 Å². The Morgan fingerprint density at radius 1 is 1.33 bits per heavy atom. The topological polar surface area (TPSA) is 41.9 Å². The van der Waals surface area contributed by atoms with Crippen LogP contribution in [-0.2, 0) is 0 Å². The number of para-hydroxylation sites is 2. The molecule has 4 heteroatoms. The highest BCUT2D eigenvalue weighted by molar-refractivity contribution is 5.40. The standard InChI is InChI=1S/C14H21NO3/c1-11(2)15(7-8-16)9-12-10-17-13-5-3-4-6-14(13)18-12/h3-6,11-12,16H,7-10H2,1-2H3. The summed E-state index contributed by atoms with van der Waals surface area (Å²) in [6.07, 6.45) is 0.0221. The van der Waals surface area contributed by atoms with E-state index in [0.29, 0.717) is 19.2 Å². The summed E-state index contributed by atoms with van der Waals surface area (Å²) in [5.74, 6) is 1.62. The van der Waals surface area contributed by atoms with E-state index < -0.39 is 0 Å². The van der Waals surface area contributed by atoms with Gasteiger partial charge >= 0.3 is 0 Å². The van der Waals surface area contributed by atoms with Crippen LogP contribution in [0.15, 0.2) is 24.3 Å². The summed E-state index contributed by atoms with van der Waals surface area (Å²) < 4.78 is 11.6. The zero-order valence-corrected chi connectivity index (χ0v) is 11.0. The van der Waals surface area contributed by atoms with Crippen LogP contribution < -0.4 is 9.47 Å². The third kappa shape index (κ3) is 3.15. The van der Waals surface area contributed by atoms with Crippen LogP contribution in [0.1, 0.15) is 13.8 Å². The molecule has 1 heterocycles. The van der Waals surface area contributed by atoms with Gasteiger partial charge in [-0.15, -0.1) is 0 Å². The fourth-order valence-electron chi connectivity index (χ4n) is 2.10. The SMILES string of the molecule is CC(C)N(CCO)CC1COc2ccccc2O1. The number of nitrogens with zero attached hydrogens (tertiary/aromatic N) is 1. The molecule has 1 N–H and O–H groups in total. The van der Waals surface area contributed by atoms with Gasteiger partial charge < -0.3 is 14.6 Å². The van der Waals surface area contributed by atoms with Crippen molar-refractivity contribution >= 4 is 0 Å². The van der Waals surface area contributed by atoms with E-state index in [0.717, 1.165) is 18.0 Å². The predicted octanol–water partition coefficient (Wildman–Crippen LogP) is 1.53. The second-order valence-electron chi connectivity index (χ2n) is 4.81. The first-order chi connectivity index (χ1) is 8.70. The maximum absolute atomic E-state index is 9.06. The lowest BCUT2D eigenvalue weighted by Gasteiger charge is -2.33. The average molecular weight is 251 g/mol. The lowest BCUT2D eigenvalue weighted by Crippen LogP contribution is -2.44. The van der Waals surface area contributed by atoms with Gasteiger partial charge in [-0.3, -0.25) is 4.90 Å². The van der Waals surface area contributed by atoms with Crippen molar-refractivity contribution < 1.29 is 14.6 Å². The number of aliphatic hydroxyl groups excluding tert-OH is 1. The third-order valence-corrected chi connectivity index (χ3v) is 3.12. The second kappa shape index (κ2) is 6.07. The van der Waals surface area contributed by atoms with Crippen molar-refractivity contribution in [1.29, 1.82) is 0 Å². The molecule has 0 saturated carbocycles. The quantitative estimate of drug-likeness (QED) is 0.861. The zero-order valence-electron chi connectivity index (χ0n) is 11.0. The third-order valence-electron chi connectivity index (χ3n) is 3.12. The van der Waals surface area contributed by atoms with E-state index in [2.05, 4.69) is 18.7 Å². The highest BCUT2D eigenvalue weighted by Crippen LogP contribution is 2.31. The Morgan fingerprint density at radius 2 is 2.06 bits per heavy atom. The molecule has 4 nitrogen and oxygen atoms in total. The van der Waals surface area contributed by atoms with E-state index in [1.165, 1.54) is 0 Å². The van der Waals surface area contributed by atoms with Gasteiger partial charge in [0, 0.05) is 19.1 Å². The fourth-order valence-corrected chi connectivity index (χ4v) is 2.10. The van der Waals surface area contributed by atoms with Crippen LogP contribution >= 0.6 is 0 Å². The molecule has 100 valence electrons. The number of fused-ring (bicyclic) bond motifs is 1. The molecule has 1 unspecified atom stereocenters. The minimum Gasteiger partial charge on any atom is -0.486 e. The Labute approximate surface area is 108 Å². The molecule has 0 bridgehead atoms. The molecular weight excluding hydrogens is 230 g/mol. The molecule has 0 aliphatic carbocycles. The predicted molar refractivity (Wildman–Crippen MR) is 70.1 cm³/mol.